The number of likely N-dealkylation sites (N-methyl/N-ethyl adjacent to an activating group) is 1. The van der Waals surface area contributed by atoms with Crippen molar-refractivity contribution in [3.63, 3.8) is 0 Å². The SMILES string of the molecule is CC#Cc1ccc(N(CC)CCOc2ccc(O[PH](=S)N(C)/N=C/c3ccc(OCOC)cc3)cc2)cc1. The molecule has 0 aliphatic rings. The summed E-state index contributed by atoms with van der Waals surface area (Å²) in [5, 5.41) is 4.43. The van der Waals surface area contributed by atoms with E-state index in [0.29, 0.717) is 12.4 Å². The van der Waals surface area contributed by atoms with Crippen LogP contribution in [0.3, 0.4) is 0 Å². The summed E-state index contributed by atoms with van der Waals surface area (Å²) < 4.78 is 23.9. The summed E-state index contributed by atoms with van der Waals surface area (Å²) >= 11 is 5.55. The number of nitrogens with zero attached hydrogens (tertiary/aromatic N) is 3. The highest BCUT2D eigenvalue weighted by Crippen LogP contribution is 2.31. The van der Waals surface area contributed by atoms with Crippen molar-refractivity contribution in [1.82, 2.24) is 4.78 Å². The van der Waals surface area contributed by atoms with Crippen LogP contribution in [0.1, 0.15) is 25.0 Å². The van der Waals surface area contributed by atoms with Crippen molar-refractivity contribution in [2.24, 2.45) is 5.10 Å². The highest BCUT2D eigenvalue weighted by atomic mass is 32.4. The van der Waals surface area contributed by atoms with E-state index in [1.165, 1.54) is 0 Å². The van der Waals surface area contributed by atoms with Crippen LogP contribution < -0.4 is 18.9 Å². The third kappa shape index (κ3) is 9.42. The number of hydrogen-bond donors (Lipinski definition) is 0. The topological polar surface area (TPSA) is 55.8 Å². The second kappa shape index (κ2) is 15.7. The molecule has 0 saturated carbocycles. The fourth-order valence-electron chi connectivity index (χ4n) is 3.39. The molecule has 38 heavy (non-hydrogen) atoms. The summed E-state index contributed by atoms with van der Waals surface area (Å²) in [5.74, 6) is 8.20. The Morgan fingerprint density at radius 2 is 1.55 bits per heavy atom. The minimum absolute atomic E-state index is 0.213. The second-order valence-electron chi connectivity index (χ2n) is 8.08. The van der Waals surface area contributed by atoms with Crippen LogP contribution in [0.4, 0.5) is 5.69 Å². The summed E-state index contributed by atoms with van der Waals surface area (Å²) in [6.45, 7) is 6.43. The Labute approximate surface area is 231 Å². The number of anilines is 1. The molecule has 0 aliphatic heterocycles. The van der Waals surface area contributed by atoms with Crippen LogP contribution in [0.2, 0.25) is 0 Å². The van der Waals surface area contributed by atoms with E-state index in [1.54, 1.807) is 18.1 Å². The predicted molar refractivity (Wildman–Crippen MR) is 159 cm³/mol. The van der Waals surface area contributed by atoms with E-state index in [-0.39, 0.29) is 6.79 Å². The average molecular weight is 552 g/mol. The Balaban J connectivity index is 1.45. The first-order valence-electron chi connectivity index (χ1n) is 12.2. The van der Waals surface area contributed by atoms with Gasteiger partial charge in [0.05, 0.1) is 12.8 Å². The van der Waals surface area contributed by atoms with Crippen molar-refractivity contribution in [2.75, 3.05) is 45.5 Å². The number of ether oxygens (including phenoxy) is 3. The maximum atomic E-state index is 5.96. The summed E-state index contributed by atoms with van der Waals surface area (Å²) in [7, 11) is 1.63. The van der Waals surface area contributed by atoms with Crippen molar-refractivity contribution in [2.45, 2.75) is 13.8 Å². The molecule has 1 atom stereocenters. The van der Waals surface area contributed by atoms with Crippen molar-refractivity contribution in [3.8, 4) is 29.1 Å². The minimum Gasteiger partial charge on any atom is -0.492 e. The van der Waals surface area contributed by atoms with Crippen LogP contribution >= 0.6 is 7.07 Å². The molecule has 0 bridgehead atoms. The molecule has 1 unspecified atom stereocenters. The normalized spacial score (nSPS) is 11.4. The van der Waals surface area contributed by atoms with Crippen LogP contribution in [-0.2, 0) is 16.5 Å². The number of hydrogen-bond acceptors (Lipinski definition) is 7. The predicted octanol–water partition coefficient (Wildman–Crippen LogP) is 5.80. The minimum atomic E-state index is -1.77. The third-order valence-corrected chi connectivity index (χ3v) is 7.51. The molecule has 0 aromatic heterocycles. The monoisotopic (exact) mass is 551 g/mol. The molecule has 3 aromatic carbocycles. The van der Waals surface area contributed by atoms with E-state index in [9.17, 15) is 0 Å². The average Bonchev–Trinajstić information content (AvgIpc) is 2.95. The molecule has 7 nitrogen and oxygen atoms in total. The van der Waals surface area contributed by atoms with Crippen LogP contribution in [-0.4, -0.2) is 51.6 Å². The molecule has 3 aromatic rings. The first kappa shape index (κ1) is 29.1. The number of benzene rings is 3. The number of rotatable bonds is 14. The van der Waals surface area contributed by atoms with Gasteiger partial charge in [0.1, 0.15) is 23.9 Å². The van der Waals surface area contributed by atoms with E-state index in [0.717, 1.165) is 41.4 Å². The first-order valence-corrected chi connectivity index (χ1v) is 14.7. The van der Waals surface area contributed by atoms with Gasteiger partial charge in [0.25, 0.3) is 0 Å². The molecule has 0 saturated heterocycles. The van der Waals surface area contributed by atoms with E-state index in [1.807, 2.05) is 74.6 Å². The smallest absolute Gasteiger partial charge is 0.207 e. The maximum absolute atomic E-state index is 5.96. The molecular weight excluding hydrogens is 517 g/mol. The van der Waals surface area contributed by atoms with Crippen LogP contribution in [0.5, 0.6) is 17.2 Å². The van der Waals surface area contributed by atoms with Crippen LogP contribution in [0, 0.1) is 11.8 Å². The Hall–Kier alpha value is -3.50. The highest BCUT2D eigenvalue weighted by molar-refractivity contribution is 8.02. The van der Waals surface area contributed by atoms with Gasteiger partial charge < -0.3 is 23.6 Å². The Bertz CT molecular complexity index is 1240. The van der Waals surface area contributed by atoms with Gasteiger partial charge >= 0.3 is 0 Å². The van der Waals surface area contributed by atoms with Crippen LogP contribution in [0.15, 0.2) is 77.9 Å². The van der Waals surface area contributed by atoms with Gasteiger partial charge in [0.2, 0.25) is 7.07 Å². The molecule has 0 N–H and O–H groups in total. The van der Waals surface area contributed by atoms with Gasteiger partial charge in [-0.25, -0.2) is 4.78 Å². The maximum Gasteiger partial charge on any atom is 0.207 e. The zero-order valence-corrected chi connectivity index (χ0v) is 24.0. The molecule has 0 amide bonds. The quantitative estimate of drug-likeness (QED) is 0.0826. The molecule has 0 heterocycles. The molecule has 0 fully saturated rings. The van der Waals surface area contributed by atoms with Gasteiger partial charge in [-0.3, -0.25) is 0 Å². The van der Waals surface area contributed by atoms with E-state index in [2.05, 4.69) is 40.9 Å². The van der Waals surface area contributed by atoms with Gasteiger partial charge in [0.15, 0.2) is 6.79 Å². The molecule has 200 valence electrons. The van der Waals surface area contributed by atoms with Gasteiger partial charge in [-0.1, -0.05) is 5.92 Å². The Morgan fingerprint density at radius 3 is 2.18 bits per heavy atom. The molecule has 0 aliphatic carbocycles. The molecule has 9 heteroatoms. The summed E-state index contributed by atoms with van der Waals surface area (Å²) in [6.07, 6.45) is 1.74. The lowest BCUT2D eigenvalue weighted by molar-refractivity contribution is 0.0511. The Kier molecular flexibility index (Phi) is 12.0. The number of hydrazone groups is 1. The zero-order valence-electron chi connectivity index (χ0n) is 22.2. The lowest BCUT2D eigenvalue weighted by atomic mass is 10.2. The Morgan fingerprint density at radius 1 is 0.921 bits per heavy atom. The van der Waals surface area contributed by atoms with Crippen molar-refractivity contribution in [1.29, 1.82) is 0 Å². The largest absolute Gasteiger partial charge is 0.492 e. The lowest BCUT2D eigenvalue weighted by Crippen LogP contribution is -2.28. The second-order valence-corrected chi connectivity index (χ2v) is 10.5. The third-order valence-electron chi connectivity index (χ3n) is 5.41. The molecule has 0 radical (unpaired) electrons. The zero-order chi connectivity index (χ0) is 27.2. The standard InChI is InChI=1S/C29H34N3O4PS/c1-5-7-24-8-12-26(13-9-24)32(6-2)20-21-34-27-16-18-29(19-17-27)36-37(38)31(3)30-22-25-10-14-28(15-11-25)35-23-33-4/h8-19,22,37H,6,20-21,23H2,1-4H3/b30-22+. The number of methoxy groups -OCH3 is 1. The van der Waals surface area contributed by atoms with Crippen molar-refractivity contribution >= 4 is 30.8 Å². The summed E-state index contributed by atoms with van der Waals surface area (Å²) in [5.41, 5.74) is 3.10. The molecular formula is C29H34N3O4PS. The van der Waals surface area contributed by atoms with Crippen LogP contribution in [0.25, 0.3) is 0 Å². The first-order chi connectivity index (χ1) is 18.5. The van der Waals surface area contributed by atoms with E-state index >= 15 is 0 Å². The summed E-state index contributed by atoms with van der Waals surface area (Å²) in [6, 6.07) is 23.4. The van der Waals surface area contributed by atoms with Gasteiger partial charge in [-0.2, -0.15) is 5.10 Å². The fourth-order valence-corrected chi connectivity index (χ4v) is 4.44. The molecule has 0 spiro atoms. The molecule has 3 rings (SSSR count). The lowest BCUT2D eigenvalue weighted by Gasteiger charge is -2.23. The van der Waals surface area contributed by atoms with Gasteiger partial charge in [-0.05, 0) is 104 Å². The van der Waals surface area contributed by atoms with Gasteiger partial charge in [0, 0.05) is 32.0 Å². The van der Waals surface area contributed by atoms with E-state index < -0.39 is 7.07 Å². The fraction of sp³-hybridized carbons (Fsp3) is 0.276. The van der Waals surface area contributed by atoms with Crippen molar-refractivity contribution in [3.05, 3.63) is 83.9 Å². The van der Waals surface area contributed by atoms with Crippen molar-refractivity contribution < 1.29 is 18.7 Å². The summed E-state index contributed by atoms with van der Waals surface area (Å²) in [4.78, 5) is 2.27. The highest BCUT2D eigenvalue weighted by Gasteiger charge is 2.06. The van der Waals surface area contributed by atoms with E-state index in [4.69, 9.17) is 30.5 Å². The van der Waals surface area contributed by atoms with Gasteiger partial charge in [-0.15, -0.1) is 5.92 Å².